The summed E-state index contributed by atoms with van der Waals surface area (Å²) in [6.45, 7) is 3.62. The molecular weight excluding hydrogens is 264 g/mol. The summed E-state index contributed by atoms with van der Waals surface area (Å²) >= 11 is 0. The summed E-state index contributed by atoms with van der Waals surface area (Å²) in [6, 6.07) is 0. The van der Waals surface area contributed by atoms with Crippen LogP contribution in [0.2, 0.25) is 0 Å². The van der Waals surface area contributed by atoms with Crippen LogP contribution in [0, 0.1) is 5.92 Å². The second-order valence-electron chi connectivity index (χ2n) is 5.52. The molecule has 8 heteroatoms. The van der Waals surface area contributed by atoms with Crippen molar-refractivity contribution in [2.45, 2.75) is 31.8 Å². The summed E-state index contributed by atoms with van der Waals surface area (Å²) in [5.74, 6) is 0.279. The van der Waals surface area contributed by atoms with Crippen LogP contribution in [0.15, 0.2) is 11.1 Å². The summed E-state index contributed by atoms with van der Waals surface area (Å²) in [6.07, 6.45) is 0.0939. The Labute approximate surface area is 115 Å². The van der Waals surface area contributed by atoms with E-state index in [0.29, 0.717) is 18.2 Å². The maximum atomic E-state index is 11.7. The third-order valence-electron chi connectivity index (χ3n) is 4.12. The van der Waals surface area contributed by atoms with E-state index in [1.54, 1.807) is 11.8 Å². The Hall–Kier alpha value is -1.64. The Kier molecular flexibility index (Phi) is 2.96. The average Bonchev–Trinajstić information content (AvgIpc) is 2.96. The van der Waals surface area contributed by atoms with Crippen molar-refractivity contribution >= 4 is 11.5 Å². The number of aromatic amines is 1. The molecule has 0 amide bonds. The van der Waals surface area contributed by atoms with Crippen LogP contribution in [0.1, 0.15) is 13.8 Å². The molecule has 8 nitrogen and oxygen atoms in total. The predicted molar refractivity (Wildman–Crippen MR) is 71.4 cm³/mol. The van der Waals surface area contributed by atoms with Gasteiger partial charge >= 0.3 is 0 Å². The number of aliphatic hydroxyl groups excluding tert-OH is 2. The largest absolute Gasteiger partial charge is 0.393 e. The maximum absolute atomic E-state index is 11.7. The first-order valence-electron chi connectivity index (χ1n) is 6.53. The highest BCUT2D eigenvalue weighted by molar-refractivity contribution is 5.69. The smallest absolute Gasteiger partial charge is 0.276 e. The van der Waals surface area contributed by atoms with Crippen LogP contribution in [0.4, 0.5) is 11.5 Å². The molecule has 0 saturated carbocycles. The molecule has 0 radical (unpaired) electrons. The van der Waals surface area contributed by atoms with Gasteiger partial charge in [-0.3, -0.25) is 4.79 Å². The molecule has 0 spiro atoms. The topological polar surface area (TPSA) is 111 Å². The molecule has 0 aromatic carbocycles. The molecule has 0 aliphatic carbocycles. The monoisotopic (exact) mass is 282 g/mol. The molecule has 4 atom stereocenters. The zero-order valence-corrected chi connectivity index (χ0v) is 11.3. The van der Waals surface area contributed by atoms with E-state index in [-0.39, 0.29) is 18.1 Å². The number of rotatable bonds is 2. The average molecular weight is 282 g/mol. The zero-order valence-electron chi connectivity index (χ0n) is 11.3. The molecule has 3 rings (SSSR count). The van der Waals surface area contributed by atoms with Crippen LogP contribution < -0.4 is 15.8 Å². The summed E-state index contributed by atoms with van der Waals surface area (Å²) in [7, 11) is 0. The number of fused-ring (bicyclic) bond motifs is 1. The minimum absolute atomic E-state index is 0.221. The van der Waals surface area contributed by atoms with E-state index in [0.717, 1.165) is 0 Å². The summed E-state index contributed by atoms with van der Waals surface area (Å²) < 4.78 is 5.84. The Balaban J connectivity index is 1.94. The fourth-order valence-corrected chi connectivity index (χ4v) is 2.86. The van der Waals surface area contributed by atoms with Crippen molar-refractivity contribution < 1.29 is 14.9 Å². The summed E-state index contributed by atoms with van der Waals surface area (Å²) in [5, 5.41) is 22.6. The van der Waals surface area contributed by atoms with Gasteiger partial charge in [-0.2, -0.15) is 0 Å². The third-order valence-corrected chi connectivity index (χ3v) is 4.12. The van der Waals surface area contributed by atoms with Gasteiger partial charge in [-0.05, 0) is 6.92 Å². The van der Waals surface area contributed by atoms with Crippen LogP contribution in [-0.2, 0) is 4.74 Å². The fraction of sp³-hybridized carbons (Fsp3) is 0.667. The first-order chi connectivity index (χ1) is 9.48. The molecule has 1 fully saturated rings. The fourth-order valence-electron chi connectivity index (χ4n) is 2.86. The lowest BCUT2D eigenvalue weighted by atomic mass is 9.93. The van der Waals surface area contributed by atoms with Crippen molar-refractivity contribution in [3.05, 3.63) is 16.7 Å². The Bertz CT molecular complexity index is 577. The second kappa shape index (κ2) is 4.44. The van der Waals surface area contributed by atoms with Crippen molar-refractivity contribution in [1.29, 1.82) is 0 Å². The molecule has 4 N–H and O–H groups in total. The van der Waals surface area contributed by atoms with Gasteiger partial charge in [0.05, 0.1) is 25.7 Å². The van der Waals surface area contributed by atoms with Gasteiger partial charge in [-0.25, -0.2) is 4.98 Å². The minimum Gasteiger partial charge on any atom is -0.393 e. The molecular formula is C12H18N4O4. The Morgan fingerprint density at radius 3 is 3.05 bits per heavy atom. The number of H-pyrrole nitrogens is 1. The number of anilines is 2. The zero-order chi connectivity index (χ0) is 14.5. The van der Waals surface area contributed by atoms with Crippen LogP contribution in [0.5, 0.6) is 0 Å². The van der Waals surface area contributed by atoms with Gasteiger partial charge in [0, 0.05) is 5.92 Å². The number of aliphatic hydroxyl groups is 2. The standard InChI is InChI=1S/C12H18N4O4/c1-6-8(18)12(2,3-17)20-11(6)16-5-15-7-9(16)13-4-14-10(7)19/h4,6,8,11,15,17-18H,3,5H2,1-2H3,(H,13,14,19)/t6-,8-,11+,12+/m0/s1. The minimum atomic E-state index is -1.01. The Morgan fingerprint density at radius 1 is 1.65 bits per heavy atom. The van der Waals surface area contributed by atoms with E-state index in [1.807, 2.05) is 6.92 Å². The van der Waals surface area contributed by atoms with Gasteiger partial charge in [0.1, 0.15) is 17.5 Å². The lowest BCUT2D eigenvalue weighted by Gasteiger charge is -2.28. The van der Waals surface area contributed by atoms with Crippen LogP contribution in [-0.4, -0.2) is 51.4 Å². The van der Waals surface area contributed by atoms with Crippen LogP contribution >= 0.6 is 0 Å². The highest BCUT2D eigenvalue weighted by Crippen LogP contribution is 2.40. The first kappa shape index (κ1) is 13.3. The lowest BCUT2D eigenvalue weighted by Crippen LogP contribution is -2.41. The van der Waals surface area contributed by atoms with Crippen LogP contribution in [0.25, 0.3) is 0 Å². The number of hydrogen-bond acceptors (Lipinski definition) is 7. The van der Waals surface area contributed by atoms with Crippen LogP contribution in [0.3, 0.4) is 0 Å². The van der Waals surface area contributed by atoms with Crippen molar-refractivity contribution in [2.24, 2.45) is 5.92 Å². The molecule has 2 aliphatic heterocycles. The van der Waals surface area contributed by atoms with Crippen molar-refractivity contribution in [1.82, 2.24) is 9.97 Å². The van der Waals surface area contributed by atoms with E-state index in [9.17, 15) is 15.0 Å². The van der Waals surface area contributed by atoms with E-state index < -0.39 is 17.9 Å². The van der Waals surface area contributed by atoms with Crippen molar-refractivity contribution in [2.75, 3.05) is 23.5 Å². The quantitative estimate of drug-likeness (QED) is 0.554. The van der Waals surface area contributed by atoms with Crippen molar-refractivity contribution in [3.63, 3.8) is 0 Å². The van der Waals surface area contributed by atoms with Gasteiger partial charge < -0.3 is 30.2 Å². The Morgan fingerprint density at radius 2 is 2.40 bits per heavy atom. The number of nitrogens with zero attached hydrogens (tertiary/aromatic N) is 2. The molecule has 1 aromatic heterocycles. The summed E-state index contributed by atoms with van der Waals surface area (Å²) in [5.41, 5.74) is -0.849. The molecule has 110 valence electrons. The van der Waals surface area contributed by atoms with E-state index >= 15 is 0 Å². The molecule has 1 saturated heterocycles. The molecule has 20 heavy (non-hydrogen) atoms. The van der Waals surface area contributed by atoms with E-state index in [2.05, 4.69) is 15.3 Å². The highest BCUT2D eigenvalue weighted by Gasteiger charge is 2.52. The van der Waals surface area contributed by atoms with Gasteiger partial charge in [0.25, 0.3) is 5.56 Å². The van der Waals surface area contributed by atoms with Gasteiger partial charge in [-0.1, -0.05) is 6.92 Å². The summed E-state index contributed by atoms with van der Waals surface area (Å²) in [4.78, 5) is 20.1. The maximum Gasteiger partial charge on any atom is 0.276 e. The predicted octanol–water partition coefficient (Wildman–Crippen LogP) is -0.936. The molecule has 1 aromatic rings. The van der Waals surface area contributed by atoms with Crippen molar-refractivity contribution in [3.8, 4) is 0 Å². The normalized spacial score (nSPS) is 36.0. The molecule has 0 unspecified atom stereocenters. The van der Waals surface area contributed by atoms with E-state index in [1.165, 1.54) is 6.33 Å². The molecule has 2 aliphatic rings. The molecule has 0 bridgehead atoms. The number of ether oxygens (including phenoxy) is 1. The lowest BCUT2D eigenvalue weighted by molar-refractivity contribution is -0.0981. The SMILES string of the molecule is C[C@@H]1[C@H](N2CNc3c2nc[nH]c3=O)O[C@](C)(CO)[C@H]1O. The number of nitrogens with one attached hydrogen (secondary N) is 2. The van der Waals surface area contributed by atoms with E-state index in [4.69, 9.17) is 4.74 Å². The third kappa shape index (κ3) is 1.72. The first-order valence-corrected chi connectivity index (χ1v) is 6.53. The van der Waals surface area contributed by atoms with Gasteiger partial charge in [0.15, 0.2) is 5.82 Å². The van der Waals surface area contributed by atoms with Gasteiger partial charge in [0.2, 0.25) is 0 Å². The number of hydrogen-bond donors (Lipinski definition) is 4. The highest BCUT2D eigenvalue weighted by atomic mass is 16.6. The molecule has 3 heterocycles. The van der Waals surface area contributed by atoms with Gasteiger partial charge in [-0.15, -0.1) is 0 Å². The number of aromatic nitrogens is 2. The second-order valence-corrected chi connectivity index (χ2v) is 5.52.